The van der Waals surface area contributed by atoms with Crippen molar-refractivity contribution in [3.05, 3.63) is 17.7 Å². The molecule has 0 atom stereocenters. The van der Waals surface area contributed by atoms with Crippen LogP contribution < -0.4 is 5.32 Å². The molecule has 1 heterocycles. The molecule has 1 rings (SSSR count). The molecule has 1 amide bonds. The minimum absolute atomic E-state index is 0.0620. The molecule has 0 saturated carbocycles. The SMILES string of the molecule is CCCCCCNC(=O)c1nc[nH]c1C(=O)O. The molecule has 1 aromatic heterocycles. The van der Waals surface area contributed by atoms with Crippen LogP contribution in [-0.4, -0.2) is 33.5 Å². The van der Waals surface area contributed by atoms with E-state index in [1.807, 2.05) is 0 Å². The minimum Gasteiger partial charge on any atom is -0.477 e. The second-order valence-electron chi connectivity index (χ2n) is 3.75. The molecule has 94 valence electrons. The van der Waals surface area contributed by atoms with Gasteiger partial charge in [0, 0.05) is 6.54 Å². The number of aromatic nitrogens is 2. The predicted molar refractivity (Wildman–Crippen MR) is 62.0 cm³/mol. The normalized spacial score (nSPS) is 10.2. The Kier molecular flexibility index (Phi) is 5.19. The topological polar surface area (TPSA) is 95.1 Å². The molecule has 1 aromatic rings. The molecule has 0 aromatic carbocycles. The summed E-state index contributed by atoms with van der Waals surface area (Å²) in [6.45, 7) is 2.66. The van der Waals surface area contributed by atoms with Gasteiger partial charge in [0.25, 0.3) is 5.91 Å². The van der Waals surface area contributed by atoms with Crippen LogP contribution in [0.3, 0.4) is 0 Å². The number of rotatable bonds is 7. The van der Waals surface area contributed by atoms with Crippen LogP contribution in [0, 0.1) is 0 Å². The summed E-state index contributed by atoms with van der Waals surface area (Å²) in [5.41, 5.74) is -0.232. The fraction of sp³-hybridized carbons (Fsp3) is 0.545. The Balaban J connectivity index is 2.42. The zero-order valence-electron chi connectivity index (χ0n) is 9.82. The zero-order valence-corrected chi connectivity index (χ0v) is 9.82. The third-order valence-electron chi connectivity index (χ3n) is 2.38. The molecule has 0 spiro atoms. The van der Waals surface area contributed by atoms with Crippen molar-refractivity contribution in [2.45, 2.75) is 32.6 Å². The van der Waals surface area contributed by atoms with Gasteiger partial charge in [0.2, 0.25) is 0 Å². The van der Waals surface area contributed by atoms with Crippen molar-refractivity contribution in [3.8, 4) is 0 Å². The van der Waals surface area contributed by atoms with Gasteiger partial charge in [-0.25, -0.2) is 9.78 Å². The Morgan fingerprint density at radius 2 is 2.18 bits per heavy atom. The maximum absolute atomic E-state index is 11.6. The van der Waals surface area contributed by atoms with Gasteiger partial charge in [-0.15, -0.1) is 0 Å². The third kappa shape index (κ3) is 3.90. The first-order valence-corrected chi connectivity index (χ1v) is 5.71. The van der Waals surface area contributed by atoms with Gasteiger partial charge in [0.1, 0.15) is 0 Å². The van der Waals surface area contributed by atoms with Crippen molar-refractivity contribution in [2.75, 3.05) is 6.54 Å². The van der Waals surface area contributed by atoms with E-state index < -0.39 is 11.9 Å². The largest absolute Gasteiger partial charge is 0.477 e. The van der Waals surface area contributed by atoms with Crippen molar-refractivity contribution in [2.24, 2.45) is 0 Å². The first kappa shape index (κ1) is 13.2. The number of nitrogens with one attached hydrogen (secondary N) is 2. The van der Waals surface area contributed by atoms with E-state index >= 15 is 0 Å². The number of H-pyrrole nitrogens is 1. The summed E-state index contributed by atoms with van der Waals surface area (Å²) in [5.74, 6) is -1.63. The predicted octanol–water partition coefficient (Wildman–Crippen LogP) is 1.42. The molecule has 0 saturated heterocycles. The number of hydrogen-bond donors (Lipinski definition) is 3. The fourth-order valence-electron chi connectivity index (χ4n) is 1.47. The fourth-order valence-corrected chi connectivity index (χ4v) is 1.47. The van der Waals surface area contributed by atoms with Crippen LogP contribution >= 0.6 is 0 Å². The third-order valence-corrected chi connectivity index (χ3v) is 2.38. The number of carbonyl (C=O) groups is 2. The summed E-state index contributed by atoms with van der Waals surface area (Å²) in [7, 11) is 0. The molecule has 0 unspecified atom stereocenters. The van der Waals surface area contributed by atoms with E-state index in [0.717, 1.165) is 25.7 Å². The van der Waals surface area contributed by atoms with E-state index in [4.69, 9.17) is 5.11 Å². The van der Waals surface area contributed by atoms with Crippen LogP contribution in [0.1, 0.15) is 53.6 Å². The van der Waals surface area contributed by atoms with E-state index in [1.165, 1.54) is 6.33 Å². The van der Waals surface area contributed by atoms with E-state index in [0.29, 0.717) is 6.54 Å². The van der Waals surface area contributed by atoms with Crippen molar-refractivity contribution in [1.29, 1.82) is 0 Å². The first-order valence-electron chi connectivity index (χ1n) is 5.71. The van der Waals surface area contributed by atoms with Gasteiger partial charge in [-0.3, -0.25) is 4.79 Å². The van der Waals surface area contributed by atoms with Gasteiger partial charge in [-0.2, -0.15) is 0 Å². The van der Waals surface area contributed by atoms with Gasteiger partial charge in [-0.1, -0.05) is 26.2 Å². The summed E-state index contributed by atoms with van der Waals surface area (Å²) >= 11 is 0. The average Bonchev–Trinajstić information content (AvgIpc) is 2.77. The molecular formula is C11H17N3O3. The molecule has 0 aliphatic heterocycles. The second kappa shape index (κ2) is 6.67. The van der Waals surface area contributed by atoms with Gasteiger partial charge in [-0.05, 0) is 6.42 Å². The molecule has 0 aliphatic carbocycles. The maximum atomic E-state index is 11.6. The van der Waals surface area contributed by atoms with Crippen LogP contribution in [0.4, 0.5) is 0 Å². The Morgan fingerprint density at radius 3 is 2.82 bits per heavy atom. The highest BCUT2D eigenvalue weighted by Gasteiger charge is 2.18. The quantitative estimate of drug-likeness (QED) is 0.627. The van der Waals surface area contributed by atoms with Gasteiger partial charge < -0.3 is 15.4 Å². The number of carbonyl (C=O) groups excluding carboxylic acids is 1. The van der Waals surface area contributed by atoms with E-state index in [9.17, 15) is 9.59 Å². The first-order chi connectivity index (χ1) is 8.16. The number of unbranched alkanes of at least 4 members (excludes halogenated alkanes) is 3. The lowest BCUT2D eigenvalue weighted by Crippen LogP contribution is -2.26. The Morgan fingerprint density at radius 1 is 1.41 bits per heavy atom. The van der Waals surface area contributed by atoms with Crippen LogP contribution in [0.5, 0.6) is 0 Å². The zero-order chi connectivity index (χ0) is 12.7. The van der Waals surface area contributed by atoms with Crippen molar-refractivity contribution < 1.29 is 14.7 Å². The summed E-state index contributed by atoms with van der Waals surface area (Å²) in [5, 5.41) is 11.4. The van der Waals surface area contributed by atoms with Crippen LogP contribution in [0.15, 0.2) is 6.33 Å². The average molecular weight is 239 g/mol. The maximum Gasteiger partial charge on any atom is 0.354 e. The molecule has 0 aliphatic rings. The van der Waals surface area contributed by atoms with Gasteiger partial charge in [0.05, 0.1) is 6.33 Å². The van der Waals surface area contributed by atoms with Crippen molar-refractivity contribution >= 4 is 11.9 Å². The van der Waals surface area contributed by atoms with Crippen molar-refractivity contribution in [1.82, 2.24) is 15.3 Å². The number of carboxylic acids is 1. The molecular weight excluding hydrogens is 222 g/mol. The standard InChI is InChI=1S/C11H17N3O3/c1-2-3-4-5-6-12-10(15)8-9(11(16)17)14-7-13-8/h7H,2-6H2,1H3,(H,12,15)(H,13,14)(H,16,17). The van der Waals surface area contributed by atoms with Crippen LogP contribution in [0.2, 0.25) is 0 Å². The van der Waals surface area contributed by atoms with Crippen molar-refractivity contribution in [3.63, 3.8) is 0 Å². The lowest BCUT2D eigenvalue weighted by atomic mass is 10.2. The number of imidazole rings is 1. The lowest BCUT2D eigenvalue weighted by molar-refractivity contribution is 0.0685. The molecule has 3 N–H and O–H groups in total. The summed E-state index contributed by atoms with van der Waals surface area (Å²) < 4.78 is 0. The molecule has 6 nitrogen and oxygen atoms in total. The lowest BCUT2D eigenvalue weighted by Gasteiger charge is -2.03. The molecule has 0 fully saturated rings. The number of aromatic carboxylic acids is 1. The Labute approximate surface area is 99.4 Å². The molecule has 0 bridgehead atoms. The van der Waals surface area contributed by atoms with Crippen LogP contribution in [0.25, 0.3) is 0 Å². The number of amides is 1. The van der Waals surface area contributed by atoms with E-state index in [-0.39, 0.29) is 11.4 Å². The smallest absolute Gasteiger partial charge is 0.354 e. The van der Waals surface area contributed by atoms with Crippen LogP contribution in [-0.2, 0) is 0 Å². The Bertz CT molecular complexity index is 387. The highest BCUT2D eigenvalue weighted by Crippen LogP contribution is 2.03. The van der Waals surface area contributed by atoms with E-state index in [1.54, 1.807) is 0 Å². The van der Waals surface area contributed by atoms with Gasteiger partial charge >= 0.3 is 5.97 Å². The monoisotopic (exact) mass is 239 g/mol. The van der Waals surface area contributed by atoms with Gasteiger partial charge in [0.15, 0.2) is 11.4 Å². The second-order valence-corrected chi connectivity index (χ2v) is 3.75. The summed E-state index contributed by atoms with van der Waals surface area (Å²) in [4.78, 5) is 28.5. The number of hydrogen-bond acceptors (Lipinski definition) is 3. The molecule has 17 heavy (non-hydrogen) atoms. The highest BCUT2D eigenvalue weighted by atomic mass is 16.4. The summed E-state index contributed by atoms with van der Waals surface area (Å²) in [6, 6.07) is 0. The minimum atomic E-state index is -1.18. The highest BCUT2D eigenvalue weighted by molar-refractivity contribution is 6.02. The summed E-state index contributed by atoms with van der Waals surface area (Å²) in [6.07, 6.45) is 5.43. The Hall–Kier alpha value is -1.85. The van der Waals surface area contributed by atoms with E-state index in [2.05, 4.69) is 22.2 Å². The molecule has 0 radical (unpaired) electrons. The molecule has 6 heteroatoms. The number of nitrogens with zero attached hydrogens (tertiary/aromatic N) is 1. The number of carboxylic acid groups (broad SMARTS) is 1. The number of aromatic amines is 1.